The van der Waals surface area contributed by atoms with E-state index in [1.807, 2.05) is 0 Å². The molecule has 2 heteroatoms. The van der Waals surface area contributed by atoms with Gasteiger partial charge < -0.3 is 10.2 Å². The number of anilines is 1. The summed E-state index contributed by atoms with van der Waals surface area (Å²) >= 11 is 0. The summed E-state index contributed by atoms with van der Waals surface area (Å²) in [5, 5.41) is 3.39. The molecule has 0 spiro atoms. The molecule has 1 fully saturated rings. The van der Waals surface area contributed by atoms with Crippen LogP contribution in [-0.4, -0.2) is 26.2 Å². The molecule has 0 aromatic heterocycles. The normalized spacial score (nSPS) is 15.3. The smallest absolute Gasteiger partial charge is 0.0367 e. The molecule has 1 N–H and O–H groups in total. The van der Waals surface area contributed by atoms with Crippen LogP contribution in [0.2, 0.25) is 0 Å². The molecule has 1 saturated heterocycles. The molecule has 0 unspecified atom stereocenters. The SMILES string of the molecule is CCc1ccc(-c2ccc(N3CCNCC3)cc2)cc1. The monoisotopic (exact) mass is 266 g/mol. The Labute approximate surface area is 121 Å². The third kappa shape index (κ3) is 2.86. The first-order valence-corrected chi connectivity index (χ1v) is 7.52. The summed E-state index contributed by atoms with van der Waals surface area (Å²) in [4.78, 5) is 2.44. The molecule has 2 aromatic rings. The quantitative estimate of drug-likeness (QED) is 0.916. The van der Waals surface area contributed by atoms with E-state index in [9.17, 15) is 0 Å². The zero-order valence-corrected chi connectivity index (χ0v) is 12.1. The van der Waals surface area contributed by atoms with Gasteiger partial charge in [-0.25, -0.2) is 0 Å². The van der Waals surface area contributed by atoms with E-state index in [4.69, 9.17) is 0 Å². The van der Waals surface area contributed by atoms with E-state index in [0.29, 0.717) is 0 Å². The van der Waals surface area contributed by atoms with Crippen molar-refractivity contribution in [1.29, 1.82) is 0 Å². The molecule has 0 amide bonds. The fraction of sp³-hybridized carbons (Fsp3) is 0.333. The Morgan fingerprint density at radius 3 is 1.95 bits per heavy atom. The Morgan fingerprint density at radius 1 is 0.850 bits per heavy atom. The number of nitrogens with zero attached hydrogens (tertiary/aromatic N) is 1. The Bertz CT molecular complexity index is 537. The molecule has 2 nitrogen and oxygen atoms in total. The van der Waals surface area contributed by atoms with Crippen LogP contribution in [0, 0.1) is 0 Å². The highest BCUT2D eigenvalue weighted by Crippen LogP contribution is 2.24. The molecule has 0 aliphatic carbocycles. The molecule has 0 atom stereocenters. The van der Waals surface area contributed by atoms with Crippen molar-refractivity contribution < 1.29 is 0 Å². The van der Waals surface area contributed by atoms with Gasteiger partial charge in [0.2, 0.25) is 0 Å². The molecule has 20 heavy (non-hydrogen) atoms. The summed E-state index contributed by atoms with van der Waals surface area (Å²) in [6, 6.07) is 17.8. The van der Waals surface area contributed by atoms with Crippen LogP contribution < -0.4 is 10.2 Å². The summed E-state index contributed by atoms with van der Waals surface area (Å²) in [7, 11) is 0. The highest BCUT2D eigenvalue weighted by atomic mass is 15.2. The van der Waals surface area contributed by atoms with Gasteiger partial charge in [-0.2, -0.15) is 0 Å². The van der Waals surface area contributed by atoms with Crippen molar-refractivity contribution >= 4 is 5.69 Å². The second kappa shape index (κ2) is 6.10. The second-order valence-electron chi connectivity index (χ2n) is 5.33. The van der Waals surface area contributed by atoms with Crippen LogP contribution in [0.5, 0.6) is 0 Å². The van der Waals surface area contributed by atoms with E-state index in [1.165, 1.54) is 22.4 Å². The molecule has 104 valence electrons. The Morgan fingerprint density at radius 2 is 1.40 bits per heavy atom. The van der Waals surface area contributed by atoms with Gasteiger partial charge in [0, 0.05) is 31.9 Å². The number of hydrogen-bond acceptors (Lipinski definition) is 2. The van der Waals surface area contributed by atoms with Gasteiger partial charge in [-0.05, 0) is 35.2 Å². The molecular weight excluding hydrogens is 244 g/mol. The highest BCUT2D eigenvalue weighted by Gasteiger charge is 2.10. The predicted octanol–water partition coefficient (Wildman–Crippen LogP) is 3.33. The number of nitrogens with one attached hydrogen (secondary N) is 1. The van der Waals surface area contributed by atoms with Crippen molar-refractivity contribution in [1.82, 2.24) is 5.32 Å². The van der Waals surface area contributed by atoms with Crippen LogP contribution in [0.1, 0.15) is 12.5 Å². The maximum Gasteiger partial charge on any atom is 0.0367 e. The third-order valence-corrected chi connectivity index (χ3v) is 4.04. The van der Waals surface area contributed by atoms with E-state index < -0.39 is 0 Å². The molecular formula is C18H22N2. The molecule has 3 rings (SSSR count). The van der Waals surface area contributed by atoms with Gasteiger partial charge in [0.1, 0.15) is 0 Å². The topological polar surface area (TPSA) is 15.3 Å². The van der Waals surface area contributed by atoms with Gasteiger partial charge in [0.15, 0.2) is 0 Å². The first-order chi connectivity index (χ1) is 9.86. The highest BCUT2D eigenvalue weighted by molar-refractivity contribution is 5.66. The summed E-state index contributed by atoms with van der Waals surface area (Å²) in [5.74, 6) is 0. The van der Waals surface area contributed by atoms with E-state index >= 15 is 0 Å². The van der Waals surface area contributed by atoms with Crippen molar-refractivity contribution in [2.24, 2.45) is 0 Å². The van der Waals surface area contributed by atoms with Crippen LogP contribution in [-0.2, 0) is 6.42 Å². The lowest BCUT2D eigenvalue weighted by atomic mass is 10.0. The first kappa shape index (κ1) is 13.2. The maximum atomic E-state index is 3.39. The molecule has 0 bridgehead atoms. The molecule has 1 aliphatic heterocycles. The van der Waals surface area contributed by atoms with Gasteiger partial charge in [-0.15, -0.1) is 0 Å². The summed E-state index contributed by atoms with van der Waals surface area (Å²) in [6.45, 7) is 6.56. The van der Waals surface area contributed by atoms with Crippen molar-refractivity contribution in [3.63, 3.8) is 0 Å². The van der Waals surface area contributed by atoms with Gasteiger partial charge in [0.25, 0.3) is 0 Å². The molecule has 2 aromatic carbocycles. The Hall–Kier alpha value is -1.80. The zero-order valence-electron chi connectivity index (χ0n) is 12.1. The number of piperazine rings is 1. The fourth-order valence-corrected chi connectivity index (χ4v) is 2.72. The van der Waals surface area contributed by atoms with Gasteiger partial charge in [-0.1, -0.05) is 43.3 Å². The van der Waals surface area contributed by atoms with Crippen molar-refractivity contribution in [2.75, 3.05) is 31.1 Å². The minimum absolute atomic E-state index is 1.08. The van der Waals surface area contributed by atoms with E-state index in [-0.39, 0.29) is 0 Å². The standard InChI is InChI=1S/C18H22N2/c1-2-15-3-5-16(6-4-15)17-7-9-18(10-8-17)20-13-11-19-12-14-20/h3-10,19H,2,11-14H2,1H3. The lowest BCUT2D eigenvalue weighted by molar-refractivity contribution is 0.589. The third-order valence-electron chi connectivity index (χ3n) is 4.04. The van der Waals surface area contributed by atoms with E-state index in [0.717, 1.165) is 32.6 Å². The van der Waals surface area contributed by atoms with Crippen LogP contribution in [0.25, 0.3) is 11.1 Å². The second-order valence-corrected chi connectivity index (χ2v) is 5.33. The van der Waals surface area contributed by atoms with Crippen LogP contribution >= 0.6 is 0 Å². The molecule has 0 saturated carbocycles. The van der Waals surface area contributed by atoms with Crippen LogP contribution in [0.3, 0.4) is 0 Å². The minimum Gasteiger partial charge on any atom is -0.369 e. The maximum absolute atomic E-state index is 3.39. The number of aryl methyl sites for hydroxylation is 1. The minimum atomic E-state index is 1.08. The van der Waals surface area contributed by atoms with Crippen molar-refractivity contribution in [2.45, 2.75) is 13.3 Å². The summed E-state index contributed by atoms with van der Waals surface area (Å²) in [5.41, 5.74) is 5.33. The average Bonchev–Trinajstić information content (AvgIpc) is 2.56. The number of rotatable bonds is 3. The van der Waals surface area contributed by atoms with Crippen molar-refractivity contribution in [3.05, 3.63) is 54.1 Å². The fourth-order valence-electron chi connectivity index (χ4n) is 2.72. The predicted molar refractivity (Wildman–Crippen MR) is 86.3 cm³/mol. The average molecular weight is 266 g/mol. The number of hydrogen-bond donors (Lipinski definition) is 1. The van der Waals surface area contributed by atoms with E-state index in [1.54, 1.807) is 0 Å². The summed E-state index contributed by atoms with van der Waals surface area (Å²) in [6.07, 6.45) is 1.10. The van der Waals surface area contributed by atoms with Gasteiger partial charge in [0.05, 0.1) is 0 Å². The molecule has 1 aliphatic rings. The lowest BCUT2D eigenvalue weighted by Crippen LogP contribution is -2.43. The van der Waals surface area contributed by atoms with Crippen LogP contribution in [0.15, 0.2) is 48.5 Å². The van der Waals surface area contributed by atoms with Gasteiger partial charge in [-0.3, -0.25) is 0 Å². The Kier molecular flexibility index (Phi) is 4.03. The Balaban J connectivity index is 1.77. The molecule has 0 radical (unpaired) electrons. The largest absolute Gasteiger partial charge is 0.369 e. The first-order valence-electron chi connectivity index (χ1n) is 7.52. The van der Waals surface area contributed by atoms with E-state index in [2.05, 4.69) is 65.7 Å². The summed E-state index contributed by atoms with van der Waals surface area (Å²) < 4.78 is 0. The zero-order chi connectivity index (χ0) is 13.8. The lowest BCUT2D eigenvalue weighted by Gasteiger charge is -2.29. The number of benzene rings is 2. The van der Waals surface area contributed by atoms with Crippen molar-refractivity contribution in [3.8, 4) is 11.1 Å². The molecule has 1 heterocycles. The van der Waals surface area contributed by atoms with Crippen LogP contribution in [0.4, 0.5) is 5.69 Å². The van der Waals surface area contributed by atoms with Gasteiger partial charge >= 0.3 is 0 Å².